The van der Waals surface area contributed by atoms with Gasteiger partial charge in [0.15, 0.2) is 0 Å². The van der Waals surface area contributed by atoms with Crippen LogP contribution in [0.15, 0.2) is 67.5 Å². The number of hydrogen-bond acceptors (Lipinski definition) is 4. The maximum Gasteiger partial charge on any atom is 0.137 e. The molecule has 124 valence electrons. The summed E-state index contributed by atoms with van der Waals surface area (Å²) in [4.78, 5) is 20.7. The summed E-state index contributed by atoms with van der Waals surface area (Å²) in [6, 6.07) is 12.4. The molecule has 0 saturated heterocycles. The van der Waals surface area contributed by atoms with E-state index in [1.165, 1.54) is 0 Å². The lowest BCUT2D eigenvalue weighted by Crippen LogP contribution is -1.88. The Kier molecular flexibility index (Phi) is 3.25. The molecule has 1 N–H and O–H groups in total. The van der Waals surface area contributed by atoms with Crippen LogP contribution in [0.3, 0.4) is 0 Å². The van der Waals surface area contributed by atoms with Crippen molar-refractivity contribution >= 4 is 21.9 Å². The predicted molar refractivity (Wildman–Crippen MR) is 103 cm³/mol. The Morgan fingerprint density at radius 3 is 2.77 bits per heavy atom. The highest BCUT2D eigenvalue weighted by atomic mass is 14.8. The summed E-state index contributed by atoms with van der Waals surface area (Å²) in [7, 11) is 0. The number of nitrogens with zero attached hydrogens (tertiary/aromatic N) is 4. The van der Waals surface area contributed by atoms with Crippen molar-refractivity contribution in [3.05, 3.63) is 73.2 Å². The Bertz CT molecular complexity index is 1260. The summed E-state index contributed by atoms with van der Waals surface area (Å²) < 4.78 is 0. The molecular weight excluding hydrogens is 322 g/mol. The predicted octanol–water partition coefficient (Wildman–Crippen LogP) is 4.54. The molecule has 5 rings (SSSR count). The van der Waals surface area contributed by atoms with Gasteiger partial charge in [-0.25, -0.2) is 15.0 Å². The lowest BCUT2D eigenvalue weighted by atomic mass is 10.0. The van der Waals surface area contributed by atoms with Gasteiger partial charge in [0.1, 0.15) is 12.0 Å². The Balaban J connectivity index is 1.70. The van der Waals surface area contributed by atoms with Crippen molar-refractivity contribution in [3.63, 3.8) is 0 Å². The number of rotatable bonds is 2. The zero-order valence-electron chi connectivity index (χ0n) is 14.1. The van der Waals surface area contributed by atoms with Crippen molar-refractivity contribution in [1.29, 1.82) is 0 Å². The summed E-state index contributed by atoms with van der Waals surface area (Å²) in [6.45, 7) is 2.01. The molecule has 0 aliphatic heterocycles. The molecule has 1 aromatic carbocycles. The van der Waals surface area contributed by atoms with Gasteiger partial charge in [0, 0.05) is 57.9 Å². The number of hydrogen-bond donors (Lipinski definition) is 1. The van der Waals surface area contributed by atoms with Crippen LogP contribution in [0, 0.1) is 6.92 Å². The SMILES string of the molecule is Cc1ncccc1-c1cnc2[nH]cc(-c3ccc4ncncc4c3)c2c1. The Morgan fingerprint density at radius 2 is 1.85 bits per heavy atom. The van der Waals surface area contributed by atoms with Crippen LogP contribution in [0.5, 0.6) is 0 Å². The first-order valence-corrected chi connectivity index (χ1v) is 8.39. The molecule has 26 heavy (non-hydrogen) atoms. The van der Waals surface area contributed by atoms with Crippen LogP contribution in [0.25, 0.3) is 44.2 Å². The second kappa shape index (κ2) is 5.74. The lowest BCUT2D eigenvalue weighted by Gasteiger charge is -2.06. The number of H-pyrrole nitrogens is 1. The zero-order valence-corrected chi connectivity index (χ0v) is 14.1. The van der Waals surface area contributed by atoms with Crippen LogP contribution in [0.1, 0.15) is 5.69 Å². The first kappa shape index (κ1) is 14.7. The summed E-state index contributed by atoms with van der Waals surface area (Å²) in [5.41, 5.74) is 7.19. The smallest absolute Gasteiger partial charge is 0.137 e. The maximum atomic E-state index is 4.60. The van der Waals surface area contributed by atoms with Crippen molar-refractivity contribution in [1.82, 2.24) is 24.9 Å². The van der Waals surface area contributed by atoms with Crippen LogP contribution in [0.4, 0.5) is 0 Å². The number of pyridine rings is 2. The van der Waals surface area contributed by atoms with Crippen LogP contribution >= 0.6 is 0 Å². The molecule has 0 aliphatic rings. The van der Waals surface area contributed by atoms with Gasteiger partial charge in [0.25, 0.3) is 0 Å². The van der Waals surface area contributed by atoms with E-state index < -0.39 is 0 Å². The topological polar surface area (TPSA) is 67.3 Å². The minimum Gasteiger partial charge on any atom is -0.346 e. The normalized spacial score (nSPS) is 11.3. The van der Waals surface area contributed by atoms with Crippen LogP contribution < -0.4 is 0 Å². The number of aromatic amines is 1. The molecule has 0 fully saturated rings. The Hall–Kier alpha value is -3.60. The maximum absolute atomic E-state index is 4.60. The zero-order chi connectivity index (χ0) is 17.5. The van der Waals surface area contributed by atoms with Crippen LogP contribution in [0.2, 0.25) is 0 Å². The number of nitrogens with one attached hydrogen (secondary N) is 1. The highest BCUT2D eigenvalue weighted by molar-refractivity contribution is 5.97. The van der Waals surface area contributed by atoms with Gasteiger partial charge < -0.3 is 4.98 Å². The van der Waals surface area contributed by atoms with Gasteiger partial charge in [-0.2, -0.15) is 0 Å². The molecule has 0 bridgehead atoms. The minimum atomic E-state index is 0.870. The van der Waals surface area contributed by atoms with Gasteiger partial charge in [0.05, 0.1) is 5.52 Å². The third-order valence-electron chi connectivity index (χ3n) is 4.66. The fourth-order valence-corrected chi connectivity index (χ4v) is 3.33. The molecule has 0 saturated carbocycles. The van der Waals surface area contributed by atoms with Gasteiger partial charge in [-0.1, -0.05) is 12.1 Å². The molecule has 0 aliphatic carbocycles. The molecule has 0 unspecified atom stereocenters. The Morgan fingerprint density at radius 1 is 0.885 bits per heavy atom. The van der Waals surface area contributed by atoms with Crippen molar-refractivity contribution in [2.45, 2.75) is 6.92 Å². The second-order valence-electron chi connectivity index (χ2n) is 6.26. The average Bonchev–Trinajstić information content (AvgIpc) is 3.11. The highest BCUT2D eigenvalue weighted by Gasteiger charge is 2.11. The Labute approximate surface area is 149 Å². The van der Waals surface area contributed by atoms with Crippen molar-refractivity contribution in [2.75, 3.05) is 0 Å². The average molecular weight is 337 g/mol. The van der Waals surface area contributed by atoms with E-state index in [9.17, 15) is 0 Å². The summed E-state index contributed by atoms with van der Waals surface area (Å²) in [5, 5.41) is 2.11. The highest BCUT2D eigenvalue weighted by Crippen LogP contribution is 2.32. The molecule has 0 spiro atoms. The fourth-order valence-electron chi connectivity index (χ4n) is 3.33. The molecule has 5 heteroatoms. The molecule has 4 aromatic heterocycles. The van der Waals surface area contributed by atoms with E-state index in [2.05, 4.69) is 49.2 Å². The van der Waals surface area contributed by atoms with Crippen molar-refractivity contribution < 1.29 is 0 Å². The van der Waals surface area contributed by atoms with Gasteiger partial charge >= 0.3 is 0 Å². The van der Waals surface area contributed by atoms with Crippen molar-refractivity contribution in [2.24, 2.45) is 0 Å². The largest absolute Gasteiger partial charge is 0.346 e. The molecular formula is C21H15N5. The quantitative estimate of drug-likeness (QED) is 0.513. The number of fused-ring (bicyclic) bond motifs is 2. The van der Waals surface area contributed by atoms with E-state index in [0.29, 0.717) is 0 Å². The van der Waals surface area contributed by atoms with E-state index in [1.807, 2.05) is 43.8 Å². The monoisotopic (exact) mass is 337 g/mol. The van der Waals surface area contributed by atoms with Gasteiger partial charge in [-0.15, -0.1) is 0 Å². The molecule has 0 radical (unpaired) electrons. The third kappa shape index (κ3) is 2.33. The molecule has 5 nitrogen and oxygen atoms in total. The van der Waals surface area contributed by atoms with E-state index in [-0.39, 0.29) is 0 Å². The minimum absolute atomic E-state index is 0.870. The number of aryl methyl sites for hydroxylation is 1. The number of benzene rings is 1. The standard InChI is InChI=1S/C21H15N5/c1-13-17(3-2-6-23-13)15-8-18-19(11-25-21(18)24-10-15)14-4-5-20-16(7-14)9-22-12-26-20/h2-12H,1H3,(H,24,25). The number of aromatic nitrogens is 5. The third-order valence-corrected chi connectivity index (χ3v) is 4.66. The lowest BCUT2D eigenvalue weighted by molar-refractivity contribution is 1.20. The summed E-state index contributed by atoms with van der Waals surface area (Å²) >= 11 is 0. The second-order valence-corrected chi connectivity index (χ2v) is 6.26. The first-order valence-electron chi connectivity index (χ1n) is 8.39. The molecule has 5 aromatic rings. The van der Waals surface area contributed by atoms with Crippen molar-refractivity contribution in [3.8, 4) is 22.3 Å². The van der Waals surface area contributed by atoms with E-state index in [4.69, 9.17) is 0 Å². The van der Waals surface area contributed by atoms with Crippen LogP contribution in [-0.2, 0) is 0 Å². The fraction of sp³-hybridized carbons (Fsp3) is 0.0476. The summed E-state index contributed by atoms with van der Waals surface area (Å²) in [5.74, 6) is 0. The van der Waals surface area contributed by atoms with Gasteiger partial charge in [-0.05, 0) is 36.8 Å². The first-order chi connectivity index (χ1) is 12.8. The van der Waals surface area contributed by atoms with E-state index >= 15 is 0 Å². The molecule has 0 amide bonds. The van der Waals surface area contributed by atoms with E-state index in [1.54, 1.807) is 6.33 Å². The van der Waals surface area contributed by atoms with Gasteiger partial charge in [-0.3, -0.25) is 4.98 Å². The molecule has 4 heterocycles. The van der Waals surface area contributed by atoms with Gasteiger partial charge in [0.2, 0.25) is 0 Å². The van der Waals surface area contributed by atoms with E-state index in [0.717, 1.165) is 49.9 Å². The summed E-state index contributed by atoms with van der Waals surface area (Å²) in [6.07, 6.45) is 9.11. The molecule has 0 atom stereocenters. The van der Waals surface area contributed by atoms with Crippen LogP contribution in [-0.4, -0.2) is 24.9 Å².